The van der Waals surface area contributed by atoms with E-state index in [9.17, 15) is 9.59 Å². The second-order valence-electron chi connectivity index (χ2n) is 5.60. The van der Waals surface area contributed by atoms with Crippen molar-refractivity contribution in [2.24, 2.45) is 5.92 Å². The van der Waals surface area contributed by atoms with E-state index in [4.69, 9.17) is 14.6 Å². The molecule has 0 bridgehead atoms. The van der Waals surface area contributed by atoms with E-state index in [0.29, 0.717) is 13.2 Å². The van der Waals surface area contributed by atoms with E-state index in [-0.39, 0.29) is 25.3 Å². The molecule has 2 heterocycles. The Morgan fingerprint density at radius 3 is 2.86 bits per heavy atom. The molecule has 2 aliphatic heterocycles. The summed E-state index contributed by atoms with van der Waals surface area (Å²) in [6.07, 6.45) is -0.0313. The van der Waals surface area contributed by atoms with Gasteiger partial charge in [0.25, 0.3) is 0 Å². The van der Waals surface area contributed by atoms with Gasteiger partial charge in [-0.25, -0.2) is 4.79 Å². The van der Waals surface area contributed by atoms with Crippen molar-refractivity contribution in [1.29, 1.82) is 0 Å². The molecule has 8 nitrogen and oxygen atoms in total. The molecule has 0 saturated carbocycles. The van der Waals surface area contributed by atoms with Gasteiger partial charge >= 0.3 is 12.0 Å². The van der Waals surface area contributed by atoms with Crippen LogP contribution in [0.2, 0.25) is 0 Å². The minimum atomic E-state index is -0.936. The first-order valence-electron chi connectivity index (χ1n) is 7.10. The Kier molecular flexibility index (Phi) is 5.38. The van der Waals surface area contributed by atoms with Gasteiger partial charge in [-0.15, -0.1) is 0 Å². The third-order valence-corrected chi connectivity index (χ3v) is 4.01. The molecule has 2 fully saturated rings. The van der Waals surface area contributed by atoms with Crippen LogP contribution >= 0.6 is 0 Å². The van der Waals surface area contributed by atoms with Gasteiger partial charge < -0.3 is 29.7 Å². The molecule has 2 rings (SSSR count). The van der Waals surface area contributed by atoms with Crippen LogP contribution in [0, 0.1) is 5.92 Å². The van der Waals surface area contributed by atoms with E-state index in [1.54, 1.807) is 7.05 Å². The van der Waals surface area contributed by atoms with E-state index >= 15 is 0 Å². The van der Waals surface area contributed by atoms with Crippen LogP contribution in [-0.2, 0) is 14.3 Å². The van der Waals surface area contributed by atoms with Crippen molar-refractivity contribution in [3.05, 3.63) is 0 Å². The highest BCUT2D eigenvalue weighted by Crippen LogP contribution is 2.19. The number of rotatable bonds is 4. The van der Waals surface area contributed by atoms with Gasteiger partial charge in [-0.1, -0.05) is 0 Å². The maximum atomic E-state index is 12.1. The van der Waals surface area contributed by atoms with Crippen LogP contribution in [0.1, 0.15) is 0 Å². The normalized spacial score (nSPS) is 30.1. The third-order valence-electron chi connectivity index (χ3n) is 4.01. The number of morpholine rings is 1. The molecule has 0 aliphatic carbocycles. The molecule has 0 radical (unpaired) electrons. The summed E-state index contributed by atoms with van der Waals surface area (Å²) in [6, 6.07) is -0.731. The second-order valence-corrected chi connectivity index (χ2v) is 5.60. The van der Waals surface area contributed by atoms with Gasteiger partial charge in [0, 0.05) is 26.7 Å². The first-order chi connectivity index (χ1) is 9.99. The smallest absolute Gasteiger partial charge is 0.317 e. The number of carboxylic acid groups (broad SMARTS) is 1. The van der Waals surface area contributed by atoms with Gasteiger partial charge in [0.1, 0.15) is 5.92 Å². The lowest BCUT2D eigenvalue weighted by Gasteiger charge is -2.31. The summed E-state index contributed by atoms with van der Waals surface area (Å²) >= 11 is 0. The molecule has 0 aromatic heterocycles. The molecule has 2 N–H and O–H groups in total. The number of likely N-dealkylation sites (N-methyl/N-ethyl adjacent to an activating group) is 2. The molecule has 2 aliphatic rings. The fourth-order valence-corrected chi connectivity index (χ4v) is 2.63. The molecule has 3 unspecified atom stereocenters. The Morgan fingerprint density at radius 2 is 2.19 bits per heavy atom. The summed E-state index contributed by atoms with van der Waals surface area (Å²) in [5, 5.41) is 11.9. The number of hydrogen-bond acceptors (Lipinski definition) is 5. The number of carboxylic acids is 1. The lowest BCUT2D eigenvalue weighted by Crippen LogP contribution is -2.52. The molecule has 0 aromatic carbocycles. The zero-order valence-electron chi connectivity index (χ0n) is 12.4. The summed E-state index contributed by atoms with van der Waals surface area (Å²) in [5.41, 5.74) is 0. The highest BCUT2D eigenvalue weighted by Gasteiger charge is 2.38. The fourth-order valence-electron chi connectivity index (χ4n) is 2.63. The Labute approximate surface area is 124 Å². The van der Waals surface area contributed by atoms with Gasteiger partial charge in [-0.2, -0.15) is 0 Å². The molecular weight excluding hydrogens is 278 g/mol. The lowest BCUT2D eigenvalue weighted by atomic mass is 10.0. The van der Waals surface area contributed by atoms with Crippen molar-refractivity contribution >= 4 is 12.0 Å². The van der Waals surface area contributed by atoms with Crippen molar-refractivity contribution in [2.45, 2.75) is 12.1 Å². The standard InChI is InChI=1S/C13H23N3O5/c1-15-3-4-21-9(6-15)5-14-13(19)16(2)11-8-20-7-10(11)12(17)18/h9-11H,3-8H2,1-2H3,(H,14,19)(H,17,18). The Morgan fingerprint density at radius 1 is 1.43 bits per heavy atom. The number of hydrogen-bond donors (Lipinski definition) is 2. The van der Waals surface area contributed by atoms with E-state index in [1.165, 1.54) is 4.90 Å². The molecule has 2 amide bonds. The van der Waals surface area contributed by atoms with E-state index in [2.05, 4.69) is 10.2 Å². The Hall–Kier alpha value is -1.38. The number of amides is 2. The number of nitrogens with zero attached hydrogens (tertiary/aromatic N) is 2. The van der Waals surface area contributed by atoms with Crippen LogP contribution in [0.25, 0.3) is 0 Å². The number of nitrogens with one attached hydrogen (secondary N) is 1. The molecular formula is C13H23N3O5. The summed E-state index contributed by atoms with van der Waals surface area (Å²) in [4.78, 5) is 26.8. The number of carbonyl (C=O) groups is 2. The van der Waals surface area contributed by atoms with Gasteiger partial charge in [-0.3, -0.25) is 4.79 Å². The van der Waals surface area contributed by atoms with Crippen LogP contribution in [0.3, 0.4) is 0 Å². The third kappa shape index (κ3) is 4.05. The largest absolute Gasteiger partial charge is 0.481 e. The molecule has 0 spiro atoms. The van der Waals surface area contributed by atoms with Crippen molar-refractivity contribution in [3.8, 4) is 0 Å². The highest BCUT2D eigenvalue weighted by molar-refractivity contribution is 5.77. The van der Waals surface area contributed by atoms with E-state index in [0.717, 1.165) is 13.1 Å². The molecule has 8 heteroatoms. The van der Waals surface area contributed by atoms with Crippen LogP contribution in [-0.4, -0.2) is 92.6 Å². The SMILES string of the molecule is CN1CCOC(CNC(=O)N(C)C2COCC2C(=O)O)C1. The monoisotopic (exact) mass is 301 g/mol. The summed E-state index contributed by atoms with van der Waals surface area (Å²) in [5.74, 6) is -1.60. The Bertz CT molecular complexity index is 392. The molecule has 120 valence electrons. The van der Waals surface area contributed by atoms with Crippen LogP contribution < -0.4 is 5.32 Å². The zero-order chi connectivity index (χ0) is 15.4. The predicted molar refractivity (Wildman–Crippen MR) is 74.1 cm³/mol. The van der Waals surface area contributed by atoms with Crippen LogP contribution in [0.4, 0.5) is 4.79 Å². The number of ether oxygens (including phenoxy) is 2. The molecule has 21 heavy (non-hydrogen) atoms. The summed E-state index contributed by atoms with van der Waals surface area (Å²) in [7, 11) is 3.61. The predicted octanol–water partition coefficient (Wildman–Crippen LogP) is -0.942. The minimum Gasteiger partial charge on any atom is -0.481 e. The van der Waals surface area contributed by atoms with Crippen molar-refractivity contribution in [1.82, 2.24) is 15.1 Å². The summed E-state index contributed by atoms with van der Waals surface area (Å²) < 4.78 is 10.7. The topological polar surface area (TPSA) is 91.3 Å². The van der Waals surface area contributed by atoms with Gasteiger partial charge in [-0.05, 0) is 7.05 Å². The van der Waals surface area contributed by atoms with E-state index < -0.39 is 17.9 Å². The van der Waals surface area contributed by atoms with Gasteiger partial charge in [0.2, 0.25) is 0 Å². The number of aliphatic carboxylic acids is 1. The average molecular weight is 301 g/mol. The van der Waals surface area contributed by atoms with Crippen molar-refractivity contribution in [3.63, 3.8) is 0 Å². The number of urea groups is 1. The molecule has 0 aromatic rings. The van der Waals surface area contributed by atoms with Gasteiger partial charge in [0.05, 0.1) is 32.0 Å². The van der Waals surface area contributed by atoms with Crippen LogP contribution in [0.15, 0.2) is 0 Å². The first kappa shape index (κ1) is 16.0. The molecule has 3 atom stereocenters. The first-order valence-corrected chi connectivity index (χ1v) is 7.10. The van der Waals surface area contributed by atoms with Gasteiger partial charge in [0.15, 0.2) is 0 Å². The fraction of sp³-hybridized carbons (Fsp3) is 0.846. The number of carbonyl (C=O) groups excluding carboxylic acids is 1. The zero-order valence-corrected chi connectivity index (χ0v) is 12.4. The highest BCUT2D eigenvalue weighted by atomic mass is 16.5. The van der Waals surface area contributed by atoms with Crippen LogP contribution in [0.5, 0.6) is 0 Å². The molecule has 2 saturated heterocycles. The maximum Gasteiger partial charge on any atom is 0.317 e. The Balaban J connectivity index is 1.80. The maximum absolute atomic E-state index is 12.1. The van der Waals surface area contributed by atoms with Crippen molar-refractivity contribution < 1.29 is 24.2 Å². The summed E-state index contributed by atoms with van der Waals surface area (Å²) in [6.45, 7) is 3.14. The quantitative estimate of drug-likeness (QED) is 0.696. The lowest BCUT2D eigenvalue weighted by molar-refractivity contribution is -0.142. The van der Waals surface area contributed by atoms with Crippen molar-refractivity contribution in [2.75, 3.05) is 53.6 Å². The minimum absolute atomic E-state index is 0.0313. The van der Waals surface area contributed by atoms with E-state index in [1.807, 2.05) is 7.05 Å². The average Bonchev–Trinajstić information content (AvgIpc) is 2.93. The second kappa shape index (κ2) is 7.06.